The van der Waals surface area contributed by atoms with Crippen LogP contribution in [0.4, 0.5) is 4.39 Å². The van der Waals surface area contributed by atoms with E-state index in [9.17, 15) is 14.0 Å². The molecule has 0 saturated heterocycles. The average Bonchev–Trinajstić information content (AvgIpc) is 2.69. The summed E-state index contributed by atoms with van der Waals surface area (Å²) in [7, 11) is 0. The third-order valence-electron chi connectivity index (χ3n) is 5.31. The molecular weight excluding hydrogens is 367 g/mol. The molecule has 156 valence electrons. The highest BCUT2D eigenvalue weighted by Gasteiger charge is 2.27. The fraction of sp³-hybridized carbons (Fsp3) is 0.417. The first-order valence-corrected chi connectivity index (χ1v) is 10.1. The quantitative estimate of drug-likeness (QED) is 0.720. The topological polar surface area (TPSA) is 49.4 Å². The molecular formula is C24H31FN2O2. The number of hydrogen-bond acceptors (Lipinski definition) is 2. The monoisotopic (exact) mass is 398 g/mol. The number of carbonyl (C=O) groups excluding carboxylic acids is 2. The predicted molar refractivity (Wildman–Crippen MR) is 114 cm³/mol. The van der Waals surface area contributed by atoms with Crippen molar-refractivity contribution >= 4 is 11.8 Å². The molecule has 0 saturated carbocycles. The maximum atomic E-state index is 14.2. The molecule has 1 N–H and O–H groups in total. The van der Waals surface area contributed by atoms with Gasteiger partial charge in [0.1, 0.15) is 11.9 Å². The zero-order chi connectivity index (χ0) is 21.6. The highest BCUT2D eigenvalue weighted by molar-refractivity contribution is 5.88. The Morgan fingerprint density at radius 1 is 1.07 bits per heavy atom. The average molecular weight is 399 g/mol. The van der Waals surface area contributed by atoms with Gasteiger partial charge < -0.3 is 10.2 Å². The smallest absolute Gasteiger partial charge is 0.242 e. The van der Waals surface area contributed by atoms with Crippen LogP contribution in [0.3, 0.4) is 0 Å². The molecule has 2 aromatic rings. The van der Waals surface area contributed by atoms with Crippen LogP contribution in [0.5, 0.6) is 0 Å². The summed E-state index contributed by atoms with van der Waals surface area (Å²) in [5.41, 5.74) is 3.40. The fourth-order valence-electron chi connectivity index (χ4n) is 3.11. The van der Waals surface area contributed by atoms with Crippen LogP contribution in [0.15, 0.2) is 42.5 Å². The Morgan fingerprint density at radius 3 is 2.41 bits per heavy atom. The van der Waals surface area contributed by atoms with Crippen LogP contribution in [-0.4, -0.2) is 28.8 Å². The van der Waals surface area contributed by atoms with Gasteiger partial charge in [-0.25, -0.2) is 4.39 Å². The number of aryl methyl sites for hydroxylation is 2. The Kier molecular flexibility index (Phi) is 7.94. The number of halogens is 1. The molecule has 0 aliphatic heterocycles. The van der Waals surface area contributed by atoms with E-state index >= 15 is 0 Å². The number of rotatable bonds is 8. The van der Waals surface area contributed by atoms with Crippen LogP contribution in [-0.2, 0) is 22.6 Å². The van der Waals surface area contributed by atoms with Crippen LogP contribution >= 0.6 is 0 Å². The lowest BCUT2D eigenvalue weighted by Crippen LogP contribution is -2.50. The SMILES string of the molecule is CC[C@H](C)NC(=O)[C@@H](C)N(Cc1ccccc1F)C(=O)Cc1cc(C)ccc1C. The molecule has 4 nitrogen and oxygen atoms in total. The highest BCUT2D eigenvalue weighted by Crippen LogP contribution is 2.17. The van der Waals surface area contributed by atoms with Crippen molar-refractivity contribution in [1.82, 2.24) is 10.2 Å². The number of hydrogen-bond donors (Lipinski definition) is 1. The molecule has 0 radical (unpaired) electrons. The van der Waals surface area contributed by atoms with Crippen molar-refractivity contribution in [3.05, 3.63) is 70.5 Å². The molecule has 0 aliphatic carbocycles. The van der Waals surface area contributed by atoms with E-state index in [1.807, 2.05) is 45.9 Å². The lowest BCUT2D eigenvalue weighted by molar-refractivity contribution is -0.140. The zero-order valence-electron chi connectivity index (χ0n) is 18.0. The van der Waals surface area contributed by atoms with Crippen LogP contribution < -0.4 is 5.32 Å². The van der Waals surface area contributed by atoms with Crippen LogP contribution in [0.25, 0.3) is 0 Å². The summed E-state index contributed by atoms with van der Waals surface area (Å²) in [6, 6.07) is 11.6. The first-order chi connectivity index (χ1) is 13.7. The number of benzene rings is 2. The minimum absolute atomic E-state index is 0.00869. The Balaban J connectivity index is 2.29. The number of amides is 2. The van der Waals surface area contributed by atoms with Crippen molar-refractivity contribution in [2.24, 2.45) is 0 Å². The Labute approximate surface area is 173 Å². The maximum absolute atomic E-state index is 14.2. The highest BCUT2D eigenvalue weighted by atomic mass is 19.1. The normalized spacial score (nSPS) is 12.9. The van der Waals surface area contributed by atoms with Crippen molar-refractivity contribution < 1.29 is 14.0 Å². The lowest BCUT2D eigenvalue weighted by atomic mass is 10.0. The summed E-state index contributed by atoms with van der Waals surface area (Å²) in [6.07, 6.45) is 0.963. The Bertz CT molecular complexity index is 866. The third kappa shape index (κ3) is 6.14. The van der Waals surface area contributed by atoms with Gasteiger partial charge in [-0.15, -0.1) is 0 Å². The van der Waals surface area contributed by atoms with E-state index in [1.54, 1.807) is 25.1 Å². The Morgan fingerprint density at radius 2 is 1.76 bits per heavy atom. The standard InChI is InChI=1S/C24H31FN2O2/c1-6-18(4)26-24(29)19(5)27(15-20-9-7-8-10-22(20)25)23(28)14-21-13-16(2)11-12-17(21)3/h7-13,18-19H,6,14-15H2,1-5H3,(H,26,29)/t18-,19+/m0/s1. The molecule has 2 amide bonds. The van der Waals surface area contributed by atoms with Crippen LogP contribution in [0.1, 0.15) is 49.4 Å². The van der Waals surface area contributed by atoms with Gasteiger partial charge in [0.25, 0.3) is 0 Å². The summed E-state index contributed by atoms with van der Waals surface area (Å²) in [4.78, 5) is 27.4. The molecule has 0 bridgehead atoms. The van der Waals surface area contributed by atoms with Crippen molar-refractivity contribution in [2.75, 3.05) is 0 Å². The molecule has 0 spiro atoms. The van der Waals surface area contributed by atoms with E-state index in [1.165, 1.54) is 11.0 Å². The van der Waals surface area contributed by atoms with E-state index in [0.29, 0.717) is 5.56 Å². The maximum Gasteiger partial charge on any atom is 0.242 e. The molecule has 29 heavy (non-hydrogen) atoms. The fourth-order valence-corrected chi connectivity index (χ4v) is 3.11. The van der Waals surface area contributed by atoms with E-state index in [2.05, 4.69) is 5.32 Å². The van der Waals surface area contributed by atoms with Gasteiger partial charge in [0.15, 0.2) is 0 Å². The molecule has 0 fully saturated rings. The van der Waals surface area contributed by atoms with Gasteiger partial charge >= 0.3 is 0 Å². The van der Waals surface area contributed by atoms with Gasteiger partial charge in [-0.3, -0.25) is 9.59 Å². The van der Waals surface area contributed by atoms with Crippen LogP contribution in [0.2, 0.25) is 0 Å². The van der Waals surface area contributed by atoms with E-state index in [4.69, 9.17) is 0 Å². The first kappa shape index (κ1) is 22.6. The largest absolute Gasteiger partial charge is 0.352 e. The number of nitrogens with one attached hydrogen (secondary N) is 1. The van der Waals surface area contributed by atoms with Gasteiger partial charge in [-0.2, -0.15) is 0 Å². The molecule has 0 heterocycles. The summed E-state index contributed by atoms with van der Waals surface area (Å²) < 4.78 is 14.2. The van der Waals surface area contributed by atoms with Gasteiger partial charge in [0.2, 0.25) is 11.8 Å². The van der Waals surface area contributed by atoms with Gasteiger partial charge in [-0.1, -0.05) is 48.9 Å². The van der Waals surface area contributed by atoms with E-state index < -0.39 is 6.04 Å². The summed E-state index contributed by atoms with van der Waals surface area (Å²) in [5.74, 6) is -0.815. The second-order valence-electron chi connectivity index (χ2n) is 7.71. The second kappa shape index (κ2) is 10.2. The predicted octanol–water partition coefficient (Wildman–Crippen LogP) is 4.32. The summed E-state index contributed by atoms with van der Waals surface area (Å²) in [5, 5.41) is 2.92. The number of carbonyl (C=O) groups is 2. The molecule has 5 heteroatoms. The van der Waals surface area contributed by atoms with Crippen molar-refractivity contribution in [3.8, 4) is 0 Å². The van der Waals surface area contributed by atoms with Gasteiger partial charge in [0.05, 0.1) is 6.42 Å². The second-order valence-corrected chi connectivity index (χ2v) is 7.71. The van der Waals surface area contributed by atoms with Crippen LogP contribution in [0, 0.1) is 19.7 Å². The molecule has 2 aromatic carbocycles. The van der Waals surface area contributed by atoms with Gasteiger partial charge in [0, 0.05) is 18.2 Å². The Hall–Kier alpha value is -2.69. The zero-order valence-corrected chi connectivity index (χ0v) is 18.0. The molecule has 2 rings (SSSR count). The van der Waals surface area contributed by atoms with Crippen molar-refractivity contribution in [1.29, 1.82) is 0 Å². The summed E-state index contributed by atoms with van der Waals surface area (Å²) in [6.45, 7) is 9.59. The van der Waals surface area contributed by atoms with Crippen molar-refractivity contribution in [3.63, 3.8) is 0 Å². The summed E-state index contributed by atoms with van der Waals surface area (Å²) >= 11 is 0. The molecule has 2 atom stereocenters. The van der Waals surface area contributed by atoms with E-state index in [0.717, 1.165) is 23.1 Å². The number of nitrogens with zero attached hydrogens (tertiary/aromatic N) is 1. The minimum Gasteiger partial charge on any atom is -0.352 e. The van der Waals surface area contributed by atoms with Gasteiger partial charge in [-0.05, 0) is 51.3 Å². The lowest BCUT2D eigenvalue weighted by Gasteiger charge is -2.30. The molecule has 0 aliphatic rings. The molecule has 0 aromatic heterocycles. The van der Waals surface area contributed by atoms with Crippen molar-refractivity contribution in [2.45, 2.75) is 66.1 Å². The first-order valence-electron chi connectivity index (χ1n) is 10.1. The van der Waals surface area contributed by atoms with E-state index in [-0.39, 0.29) is 36.6 Å². The third-order valence-corrected chi connectivity index (χ3v) is 5.31. The minimum atomic E-state index is -0.707. The molecule has 0 unspecified atom stereocenters.